The number of alkyl halides is 3. The van der Waals surface area contributed by atoms with Crippen molar-refractivity contribution in [1.29, 1.82) is 0 Å². The highest BCUT2D eigenvalue weighted by molar-refractivity contribution is 5.88. The van der Waals surface area contributed by atoms with Gasteiger partial charge in [0.15, 0.2) is 6.10 Å². The number of nitrogens with one attached hydrogen (secondary N) is 1. The molecule has 0 spiro atoms. The number of nitrogens with zero attached hydrogens (tertiary/aromatic N) is 1. The molecule has 1 N–H and O–H groups in total. The molecule has 210 valence electrons. The second-order valence-electron chi connectivity index (χ2n) is 9.93. The number of methoxy groups -OCH3 is 1. The fourth-order valence-corrected chi connectivity index (χ4v) is 5.50. The Morgan fingerprint density at radius 3 is 2.51 bits per heavy atom. The molecule has 0 saturated carbocycles. The molecule has 2 atom stereocenters. The molecule has 0 radical (unpaired) electrons. The first-order valence-electron chi connectivity index (χ1n) is 13.2. The van der Waals surface area contributed by atoms with Gasteiger partial charge in [-0.15, -0.1) is 0 Å². The zero-order valence-electron chi connectivity index (χ0n) is 22.4. The van der Waals surface area contributed by atoms with Gasteiger partial charge >= 0.3 is 6.18 Å². The predicted molar refractivity (Wildman–Crippen MR) is 148 cm³/mol. The number of aromatic amines is 1. The number of amides is 1. The van der Waals surface area contributed by atoms with Crippen LogP contribution in [0.5, 0.6) is 11.5 Å². The molecular weight excluding hydrogens is 533 g/mol. The van der Waals surface area contributed by atoms with Crippen molar-refractivity contribution in [3.63, 3.8) is 0 Å². The highest BCUT2D eigenvalue weighted by Gasteiger charge is 2.39. The summed E-state index contributed by atoms with van der Waals surface area (Å²) < 4.78 is 58.9. The number of H-pyrrole nitrogens is 1. The normalized spacial score (nSPS) is 15.9. The summed E-state index contributed by atoms with van der Waals surface area (Å²) in [5.74, 6) is 1.40. The third-order valence-electron chi connectivity index (χ3n) is 7.42. The Kier molecular flexibility index (Phi) is 6.73. The molecule has 3 heterocycles. The van der Waals surface area contributed by atoms with E-state index in [-0.39, 0.29) is 17.2 Å². The van der Waals surface area contributed by atoms with Crippen molar-refractivity contribution >= 4 is 16.8 Å². The number of rotatable bonds is 6. The van der Waals surface area contributed by atoms with E-state index in [2.05, 4.69) is 4.98 Å². The Balaban J connectivity index is 1.44. The van der Waals surface area contributed by atoms with Gasteiger partial charge < -0.3 is 23.8 Å². The molecule has 1 aliphatic heterocycles. The minimum absolute atomic E-state index is 0.0673. The number of hydrogen-bond donors (Lipinski definition) is 1. The van der Waals surface area contributed by atoms with Crippen molar-refractivity contribution in [2.24, 2.45) is 0 Å². The largest absolute Gasteiger partial charge is 0.497 e. The summed E-state index contributed by atoms with van der Waals surface area (Å²) in [6.07, 6.45) is -4.80. The van der Waals surface area contributed by atoms with E-state index in [1.54, 1.807) is 37.1 Å². The van der Waals surface area contributed by atoms with Crippen LogP contribution >= 0.6 is 0 Å². The number of ether oxygens (including phenoxy) is 2. The first-order valence-corrected chi connectivity index (χ1v) is 13.2. The average molecular weight is 561 g/mol. The van der Waals surface area contributed by atoms with E-state index in [1.165, 1.54) is 24.3 Å². The molecule has 6 rings (SSSR count). The van der Waals surface area contributed by atoms with E-state index in [0.717, 1.165) is 28.2 Å². The van der Waals surface area contributed by atoms with Crippen molar-refractivity contribution in [2.75, 3.05) is 13.7 Å². The van der Waals surface area contributed by atoms with Crippen molar-refractivity contribution in [1.82, 2.24) is 9.88 Å². The van der Waals surface area contributed by atoms with Crippen LogP contribution in [0, 0.1) is 0 Å². The SMILES string of the molecule is COc1ccc2[nH]c3c(c2c1)CCN(C(=O)C(C)Oc1ccccc1)C3c1ccc(-c2ccccc2C(F)(F)F)o1. The van der Waals surface area contributed by atoms with Gasteiger partial charge in [0.05, 0.1) is 18.4 Å². The third kappa shape index (κ3) is 4.92. The van der Waals surface area contributed by atoms with E-state index in [9.17, 15) is 18.0 Å². The van der Waals surface area contributed by atoms with Crippen LogP contribution in [0.1, 0.15) is 35.5 Å². The van der Waals surface area contributed by atoms with Crippen LogP contribution in [-0.2, 0) is 17.4 Å². The van der Waals surface area contributed by atoms with Gasteiger partial charge in [-0.05, 0) is 67.4 Å². The lowest BCUT2D eigenvalue weighted by Gasteiger charge is -2.36. The molecule has 2 aromatic heterocycles. The Hall–Kier alpha value is -4.66. The zero-order valence-corrected chi connectivity index (χ0v) is 22.4. The van der Waals surface area contributed by atoms with Crippen LogP contribution < -0.4 is 9.47 Å². The van der Waals surface area contributed by atoms with Crippen molar-refractivity contribution < 1.29 is 31.9 Å². The fraction of sp³-hybridized carbons (Fsp3) is 0.219. The average Bonchev–Trinajstić information content (AvgIpc) is 3.61. The van der Waals surface area contributed by atoms with Crippen LogP contribution in [0.15, 0.2) is 89.3 Å². The molecule has 5 aromatic rings. The van der Waals surface area contributed by atoms with Gasteiger partial charge in [-0.1, -0.05) is 36.4 Å². The van der Waals surface area contributed by atoms with Crippen LogP contribution in [0.3, 0.4) is 0 Å². The molecule has 2 unspecified atom stereocenters. The number of benzene rings is 3. The highest BCUT2D eigenvalue weighted by Crippen LogP contribution is 2.43. The number of para-hydroxylation sites is 1. The number of hydrogen-bond acceptors (Lipinski definition) is 4. The smallest absolute Gasteiger partial charge is 0.417 e. The van der Waals surface area contributed by atoms with Gasteiger partial charge in [-0.3, -0.25) is 4.79 Å². The van der Waals surface area contributed by atoms with Crippen LogP contribution in [0.25, 0.3) is 22.2 Å². The predicted octanol–water partition coefficient (Wildman–Crippen LogP) is 7.40. The van der Waals surface area contributed by atoms with Gasteiger partial charge in [0.25, 0.3) is 5.91 Å². The number of carbonyl (C=O) groups is 1. The van der Waals surface area contributed by atoms with Gasteiger partial charge in [0.1, 0.15) is 29.1 Å². The quantitative estimate of drug-likeness (QED) is 0.235. The first kappa shape index (κ1) is 26.6. The van der Waals surface area contributed by atoms with Crippen LogP contribution in [0.4, 0.5) is 13.2 Å². The second-order valence-corrected chi connectivity index (χ2v) is 9.93. The number of carbonyl (C=O) groups excluding carboxylic acids is 1. The number of fused-ring (bicyclic) bond motifs is 3. The second kappa shape index (κ2) is 10.4. The molecule has 0 saturated heterocycles. The van der Waals surface area contributed by atoms with Gasteiger partial charge in [0.2, 0.25) is 0 Å². The summed E-state index contributed by atoms with van der Waals surface area (Å²) in [5, 5.41) is 0.958. The number of halogens is 3. The van der Waals surface area contributed by atoms with Crippen LogP contribution in [0.2, 0.25) is 0 Å². The van der Waals surface area contributed by atoms with E-state index in [1.807, 2.05) is 36.4 Å². The maximum atomic E-state index is 13.9. The minimum Gasteiger partial charge on any atom is -0.497 e. The standard InChI is InChI=1S/C32H27F3N2O4/c1-19(40-20-8-4-3-5-9-20)31(38)37-17-16-22-24-18-21(39-2)12-13-26(24)36-29(22)30(37)28-15-14-27(41-28)23-10-6-7-11-25(23)32(33,34)35/h3-15,18-19,30,36H,16-17H2,1-2H3. The lowest BCUT2D eigenvalue weighted by Crippen LogP contribution is -2.46. The number of furan rings is 1. The Morgan fingerprint density at radius 2 is 1.76 bits per heavy atom. The molecule has 0 bridgehead atoms. The first-order chi connectivity index (χ1) is 19.7. The summed E-state index contributed by atoms with van der Waals surface area (Å²) in [7, 11) is 1.60. The molecule has 3 aromatic carbocycles. The van der Waals surface area contributed by atoms with E-state index >= 15 is 0 Å². The molecule has 41 heavy (non-hydrogen) atoms. The number of aromatic nitrogens is 1. The fourth-order valence-electron chi connectivity index (χ4n) is 5.50. The third-order valence-corrected chi connectivity index (χ3v) is 7.42. The van der Waals surface area contributed by atoms with Crippen molar-refractivity contribution in [2.45, 2.75) is 31.7 Å². The summed E-state index contributed by atoms with van der Waals surface area (Å²) in [4.78, 5) is 19.0. The molecule has 1 amide bonds. The highest BCUT2D eigenvalue weighted by atomic mass is 19.4. The van der Waals surface area contributed by atoms with Crippen molar-refractivity contribution in [3.8, 4) is 22.8 Å². The lowest BCUT2D eigenvalue weighted by molar-refractivity contribution is -0.140. The Morgan fingerprint density at radius 1 is 1.00 bits per heavy atom. The maximum absolute atomic E-state index is 13.9. The lowest BCUT2D eigenvalue weighted by atomic mass is 9.95. The van der Waals surface area contributed by atoms with Gasteiger partial charge in [-0.2, -0.15) is 13.2 Å². The molecular formula is C32H27F3N2O4. The van der Waals surface area contributed by atoms with Gasteiger partial charge in [0, 0.05) is 23.0 Å². The summed E-state index contributed by atoms with van der Waals surface area (Å²) in [6, 6.07) is 22.5. The summed E-state index contributed by atoms with van der Waals surface area (Å²) in [5.41, 5.74) is 1.74. The zero-order chi connectivity index (χ0) is 28.7. The van der Waals surface area contributed by atoms with E-state index in [0.29, 0.717) is 30.2 Å². The van der Waals surface area contributed by atoms with Crippen LogP contribution in [-0.4, -0.2) is 35.5 Å². The topological polar surface area (TPSA) is 67.7 Å². The molecule has 9 heteroatoms. The van der Waals surface area contributed by atoms with E-state index in [4.69, 9.17) is 13.9 Å². The van der Waals surface area contributed by atoms with Gasteiger partial charge in [-0.25, -0.2) is 0 Å². The van der Waals surface area contributed by atoms with E-state index < -0.39 is 23.9 Å². The summed E-state index contributed by atoms with van der Waals surface area (Å²) >= 11 is 0. The van der Waals surface area contributed by atoms with Crippen molar-refractivity contribution in [3.05, 3.63) is 108 Å². The molecule has 0 fully saturated rings. The molecule has 1 aliphatic rings. The summed E-state index contributed by atoms with van der Waals surface area (Å²) in [6.45, 7) is 2.05. The molecule has 0 aliphatic carbocycles. The molecule has 6 nitrogen and oxygen atoms in total. The minimum atomic E-state index is -4.55. The monoisotopic (exact) mass is 560 g/mol. The maximum Gasteiger partial charge on any atom is 0.417 e. The Bertz CT molecular complexity index is 1710. The Labute approximate surface area is 234 Å².